The molecule has 2 unspecified atom stereocenters. The predicted molar refractivity (Wildman–Crippen MR) is 102 cm³/mol. The van der Waals surface area contributed by atoms with Crippen molar-refractivity contribution in [3.63, 3.8) is 0 Å². The Morgan fingerprint density at radius 3 is 2.76 bits per heavy atom. The minimum Gasteiger partial charge on any atom is -0.337 e. The molecule has 0 bridgehead atoms. The number of hydrogen-bond acceptors (Lipinski definition) is 4. The lowest BCUT2D eigenvalue weighted by atomic mass is 9.90. The van der Waals surface area contributed by atoms with E-state index in [2.05, 4.69) is 22.9 Å². The van der Waals surface area contributed by atoms with Crippen LogP contribution in [0.15, 0.2) is 42.1 Å². The van der Waals surface area contributed by atoms with Crippen LogP contribution in [0.4, 0.5) is 0 Å². The monoisotopic (exact) mass is 356 g/mol. The zero-order valence-electron chi connectivity index (χ0n) is 15.1. The van der Waals surface area contributed by atoms with Crippen LogP contribution in [-0.2, 0) is 11.3 Å². The molecular weight excluding hydrogens is 332 g/mol. The summed E-state index contributed by atoms with van der Waals surface area (Å²) in [4.78, 5) is 17.2. The van der Waals surface area contributed by atoms with E-state index in [9.17, 15) is 10.1 Å². The average Bonchev–Trinajstić information content (AvgIpc) is 2.92. The fourth-order valence-corrected chi connectivity index (χ4v) is 3.25. The maximum atomic E-state index is 12.6. The number of allylic oxidation sites excluding steroid dienone is 1. The Morgan fingerprint density at radius 2 is 2.16 bits per heavy atom. The summed E-state index contributed by atoms with van der Waals surface area (Å²) in [6, 6.07) is 10.1. The number of nitrogens with one attached hydrogen (secondary N) is 1. The SMILES string of the molecule is C=CCn1c(SC(C)C(=O)NC(C)(C#N)C(C)C)nc2ccccc21. The quantitative estimate of drug-likeness (QED) is 0.606. The van der Waals surface area contributed by atoms with E-state index in [1.807, 2.05) is 55.7 Å². The molecule has 0 saturated heterocycles. The third kappa shape index (κ3) is 4.05. The van der Waals surface area contributed by atoms with Crippen LogP contribution in [0.2, 0.25) is 0 Å². The van der Waals surface area contributed by atoms with Crippen molar-refractivity contribution in [3.8, 4) is 6.07 Å². The number of nitriles is 1. The van der Waals surface area contributed by atoms with Gasteiger partial charge >= 0.3 is 0 Å². The van der Waals surface area contributed by atoms with Crippen LogP contribution in [0.1, 0.15) is 27.7 Å². The highest BCUT2D eigenvalue weighted by atomic mass is 32.2. The van der Waals surface area contributed by atoms with E-state index in [0.29, 0.717) is 6.54 Å². The first-order valence-electron chi connectivity index (χ1n) is 8.28. The molecule has 1 heterocycles. The van der Waals surface area contributed by atoms with Gasteiger partial charge in [-0.15, -0.1) is 6.58 Å². The molecule has 2 atom stereocenters. The zero-order valence-corrected chi connectivity index (χ0v) is 15.9. The second-order valence-electron chi connectivity index (χ2n) is 6.50. The highest BCUT2D eigenvalue weighted by molar-refractivity contribution is 8.00. The first kappa shape index (κ1) is 19.1. The fourth-order valence-electron chi connectivity index (χ4n) is 2.32. The van der Waals surface area contributed by atoms with E-state index in [1.54, 1.807) is 6.92 Å². The van der Waals surface area contributed by atoms with Crippen LogP contribution in [0.5, 0.6) is 0 Å². The molecular formula is C19H24N4OS. The Hall–Kier alpha value is -2.26. The number of carbonyl (C=O) groups excluding carboxylic acids is 1. The summed E-state index contributed by atoms with van der Waals surface area (Å²) >= 11 is 1.39. The first-order valence-corrected chi connectivity index (χ1v) is 9.16. The standard InChI is InChI=1S/C19H24N4OS/c1-6-11-23-16-10-8-7-9-15(16)21-18(23)25-14(4)17(24)22-19(5,12-20)13(2)3/h6-10,13-14H,1,11H2,2-5H3,(H,22,24). The molecule has 0 aliphatic heterocycles. The molecule has 1 N–H and O–H groups in total. The first-order chi connectivity index (χ1) is 11.8. The van der Waals surface area contributed by atoms with Crippen molar-refractivity contribution >= 4 is 28.7 Å². The van der Waals surface area contributed by atoms with E-state index in [-0.39, 0.29) is 17.1 Å². The van der Waals surface area contributed by atoms with Gasteiger partial charge in [-0.25, -0.2) is 4.98 Å². The Labute approximate surface area is 153 Å². The van der Waals surface area contributed by atoms with Gasteiger partial charge in [-0.1, -0.05) is 43.8 Å². The molecule has 132 valence electrons. The van der Waals surface area contributed by atoms with Gasteiger partial charge in [0.25, 0.3) is 0 Å². The van der Waals surface area contributed by atoms with Crippen LogP contribution in [0, 0.1) is 17.2 Å². The Kier molecular flexibility index (Phi) is 5.91. The molecule has 1 aromatic carbocycles. The van der Waals surface area contributed by atoms with Crippen LogP contribution in [0.3, 0.4) is 0 Å². The van der Waals surface area contributed by atoms with Gasteiger partial charge in [-0.2, -0.15) is 5.26 Å². The van der Waals surface area contributed by atoms with Gasteiger partial charge < -0.3 is 9.88 Å². The maximum Gasteiger partial charge on any atom is 0.234 e. The predicted octanol–water partition coefficient (Wildman–Crippen LogP) is 3.76. The molecule has 5 nitrogen and oxygen atoms in total. The smallest absolute Gasteiger partial charge is 0.234 e. The summed E-state index contributed by atoms with van der Waals surface area (Å²) < 4.78 is 2.04. The highest BCUT2D eigenvalue weighted by Crippen LogP contribution is 2.28. The van der Waals surface area contributed by atoms with Gasteiger partial charge in [-0.3, -0.25) is 4.79 Å². The van der Waals surface area contributed by atoms with Crippen LogP contribution in [-0.4, -0.2) is 26.2 Å². The lowest BCUT2D eigenvalue weighted by Crippen LogP contribution is -2.51. The number of rotatable bonds is 7. The van der Waals surface area contributed by atoms with Crippen molar-refractivity contribution in [2.45, 2.75) is 50.2 Å². The molecule has 25 heavy (non-hydrogen) atoms. The Morgan fingerprint density at radius 1 is 1.48 bits per heavy atom. The Bertz CT molecular complexity index is 820. The molecule has 6 heteroatoms. The van der Waals surface area contributed by atoms with Crippen LogP contribution >= 0.6 is 11.8 Å². The van der Waals surface area contributed by atoms with Gasteiger partial charge in [-0.05, 0) is 31.9 Å². The highest BCUT2D eigenvalue weighted by Gasteiger charge is 2.32. The number of carbonyl (C=O) groups is 1. The topological polar surface area (TPSA) is 70.7 Å². The summed E-state index contributed by atoms with van der Waals surface area (Å²) in [6.45, 7) is 11.8. The summed E-state index contributed by atoms with van der Waals surface area (Å²) in [5.74, 6) is -0.149. The van der Waals surface area contributed by atoms with Crippen molar-refractivity contribution in [3.05, 3.63) is 36.9 Å². The number of hydrogen-bond donors (Lipinski definition) is 1. The van der Waals surface area contributed by atoms with Gasteiger partial charge in [0.2, 0.25) is 5.91 Å². The zero-order chi connectivity index (χ0) is 18.6. The van der Waals surface area contributed by atoms with E-state index in [0.717, 1.165) is 16.2 Å². The number of aromatic nitrogens is 2. The third-order valence-electron chi connectivity index (χ3n) is 4.35. The molecule has 0 fully saturated rings. The number of fused-ring (bicyclic) bond motifs is 1. The molecule has 0 saturated carbocycles. The van der Waals surface area contributed by atoms with Crippen molar-refractivity contribution in [2.75, 3.05) is 0 Å². The number of thioether (sulfide) groups is 1. The van der Waals surface area contributed by atoms with E-state index >= 15 is 0 Å². The average molecular weight is 356 g/mol. The van der Waals surface area contributed by atoms with E-state index in [1.165, 1.54) is 11.8 Å². The number of para-hydroxylation sites is 2. The van der Waals surface area contributed by atoms with Gasteiger partial charge in [0, 0.05) is 6.54 Å². The molecule has 0 radical (unpaired) electrons. The molecule has 0 spiro atoms. The summed E-state index contributed by atoms with van der Waals surface area (Å²) in [5, 5.41) is 12.7. The second kappa shape index (κ2) is 7.75. The number of imidazole rings is 1. The minimum absolute atomic E-state index is 0.0176. The fraction of sp³-hybridized carbons (Fsp3) is 0.421. The number of amides is 1. The van der Waals surface area contributed by atoms with Crippen molar-refractivity contribution in [1.82, 2.24) is 14.9 Å². The Balaban J connectivity index is 2.23. The third-order valence-corrected chi connectivity index (χ3v) is 5.44. The lowest BCUT2D eigenvalue weighted by Gasteiger charge is -2.28. The molecule has 2 aromatic rings. The van der Waals surface area contributed by atoms with Gasteiger partial charge in [0.05, 0.1) is 22.4 Å². The number of benzene rings is 1. The largest absolute Gasteiger partial charge is 0.337 e. The van der Waals surface area contributed by atoms with Crippen molar-refractivity contribution < 1.29 is 4.79 Å². The van der Waals surface area contributed by atoms with E-state index < -0.39 is 5.54 Å². The van der Waals surface area contributed by atoms with Crippen LogP contribution < -0.4 is 5.32 Å². The van der Waals surface area contributed by atoms with E-state index in [4.69, 9.17) is 0 Å². The van der Waals surface area contributed by atoms with Crippen molar-refractivity contribution in [1.29, 1.82) is 5.26 Å². The number of nitrogens with zero attached hydrogens (tertiary/aromatic N) is 3. The molecule has 0 aliphatic carbocycles. The molecule has 1 amide bonds. The molecule has 2 rings (SSSR count). The summed E-state index contributed by atoms with van der Waals surface area (Å²) in [7, 11) is 0. The van der Waals surface area contributed by atoms with Crippen molar-refractivity contribution in [2.24, 2.45) is 5.92 Å². The summed E-state index contributed by atoms with van der Waals surface area (Å²) in [5.41, 5.74) is 1.03. The maximum absolute atomic E-state index is 12.6. The lowest BCUT2D eigenvalue weighted by molar-refractivity contribution is -0.121. The molecule has 1 aromatic heterocycles. The summed E-state index contributed by atoms with van der Waals surface area (Å²) in [6.07, 6.45) is 1.81. The molecule has 0 aliphatic rings. The second-order valence-corrected chi connectivity index (χ2v) is 7.81. The minimum atomic E-state index is -0.882. The van der Waals surface area contributed by atoms with Gasteiger partial charge in [0.15, 0.2) is 5.16 Å². The normalized spacial score (nSPS) is 14.7. The van der Waals surface area contributed by atoms with Crippen LogP contribution in [0.25, 0.3) is 11.0 Å². The van der Waals surface area contributed by atoms with Gasteiger partial charge in [0.1, 0.15) is 5.54 Å².